The molecule has 8 nitrogen and oxygen atoms in total. The van der Waals surface area contributed by atoms with Crippen molar-refractivity contribution < 1.29 is 4.79 Å². The normalized spacial score (nSPS) is 21.8. The van der Waals surface area contributed by atoms with Crippen molar-refractivity contribution in [2.75, 3.05) is 50.7 Å². The number of amides is 1. The number of aromatic nitrogens is 4. The molecule has 3 aliphatic rings. The van der Waals surface area contributed by atoms with Crippen LogP contribution >= 0.6 is 0 Å². The van der Waals surface area contributed by atoms with Gasteiger partial charge in [-0.1, -0.05) is 0 Å². The van der Waals surface area contributed by atoms with Gasteiger partial charge in [-0.3, -0.25) is 14.1 Å². The Morgan fingerprint density at radius 2 is 1.78 bits per heavy atom. The SMILES string of the molecule is O=C(CN1CCN(c2nccn3c(C4CC4)nnc23)CC1)N1CCCCC1. The molecule has 2 aromatic heterocycles. The number of likely N-dealkylation sites (tertiary alicyclic amines) is 1. The lowest BCUT2D eigenvalue weighted by Gasteiger charge is -2.36. The number of piperazine rings is 1. The molecule has 27 heavy (non-hydrogen) atoms. The lowest BCUT2D eigenvalue weighted by Crippen LogP contribution is -2.51. The van der Waals surface area contributed by atoms with Crippen molar-refractivity contribution in [1.82, 2.24) is 29.4 Å². The van der Waals surface area contributed by atoms with E-state index in [0.717, 1.165) is 69.4 Å². The van der Waals surface area contributed by atoms with Crippen molar-refractivity contribution >= 4 is 17.4 Å². The molecule has 2 saturated heterocycles. The number of anilines is 1. The minimum Gasteiger partial charge on any atom is -0.351 e. The first-order valence-corrected chi connectivity index (χ1v) is 10.2. The minimum atomic E-state index is 0.287. The second kappa shape index (κ2) is 7.07. The number of piperidine rings is 1. The number of carbonyl (C=O) groups excluding carboxylic acids is 1. The lowest BCUT2D eigenvalue weighted by molar-refractivity contribution is -0.133. The van der Waals surface area contributed by atoms with Crippen LogP contribution in [0.15, 0.2) is 12.4 Å². The third-order valence-electron chi connectivity index (χ3n) is 6.02. The number of rotatable bonds is 4. The van der Waals surface area contributed by atoms with Gasteiger partial charge in [0.2, 0.25) is 11.6 Å². The Kier molecular flexibility index (Phi) is 4.43. The minimum absolute atomic E-state index is 0.287. The van der Waals surface area contributed by atoms with E-state index in [4.69, 9.17) is 0 Å². The average molecular weight is 369 g/mol. The Bertz CT molecular complexity index is 817. The lowest BCUT2D eigenvalue weighted by atomic mass is 10.1. The summed E-state index contributed by atoms with van der Waals surface area (Å²) in [6, 6.07) is 0. The molecule has 3 fully saturated rings. The van der Waals surface area contributed by atoms with Crippen molar-refractivity contribution in [2.24, 2.45) is 0 Å². The maximum Gasteiger partial charge on any atom is 0.236 e. The molecule has 8 heteroatoms. The number of nitrogens with zero attached hydrogens (tertiary/aromatic N) is 7. The second-order valence-corrected chi connectivity index (χ2v) is 7.98. The molecule has 5 rings (SSSR count). The number of hydrogen-bond donors (Lipinski definition) is 0. The van der Waals surface area contributed by atoms with Crippen LogP contribution in [-0.2, 0) is 4.79 Å². The molecule has 1 aliphatic carbocycles. The first kappa shape index (κ1) is 16.9. The molecule has 0 N–H and O–H groups in total. The molecular weight excluding hydrogens is 342 g/mol. The van der Waals surface area contributed by atoms with Gasteiger partial charge in [-0.15, -0.1) is 10.2 Å². The molecule has 144 valence electrons. The standard InChI is InChI=1S/C19H27N7O/c27-16(24-7-2-1-3-8-24)14-23-10-12-25(13-11-23)18-19-22-21-17(15-4-5-15)26(19)9-6-20-18/h6,9,15H,1-5,7-8,10-14H2. The predicted octanol–water partition coefficient (Wildman–Crippen LogP) is 1.14. The Hall–Kier alpha value is -2.22. The monoisotopic (exact) mass is 369 g/mol. The van der Waals surface area contributed by atoms with E-state index >= 15 is 0 Å². The maximum atomic E-state index is 12.5. The summed E-state index contributed by atoms with van der Waals surface area (Å²) in [5, 5.41) is 8.82. The molecule has 0 unspecified atom stereocenters. The van der Waals surface area contributed by atoms with Gasteiger partial charge >= 0.3 is 0 Å². The molecule has 4 heterocycles. The highest BCUT2D eigenvalue weighted by Crippen LogP contribution is 2.39. The zero-order valence-electron chi connectivity index (χ0n) is 15.8. The summed E-state index contributed by atoms with van der Waals surface area (Å²) in [5.41, 5.74) is 0.859. The topological polar surface area (TPSA) is 69.9 Å². The van der Waals surface area contributed by atoms with E-state index in [2.05, 4.69) is 29.4 Å². The van der Waals surface area contributed by atoms with Crippen molar-refractivity contribution in [3.63, 3.8) is 0 Å². The van der Waals surface area contributed by atoms with Crippen molar-refractivity contribution in [3.05, 3.63) is 18.2 Å². The molecule has 0 bridgehead atoms. The Balaban J connectivity index is 1.23. The Morgan fingerprint density at radius 1 is 1.00 bits per heavy atom. The van der Waals surface area contributed by atoms with Gasteiger partial charge in [0, 0.05) is 57.6 Å². The molecule has 2 aromatic rings. The molecule has 0 spiro atoms. The third kappa shape index (κ3) is 3.38. The third-order valence-corrected chi connectivity index (χ3v) is 6.02. The van der Waals surface area contributed by atoms with E-state index in [1.54, 1.807) is 0 Å². The van der Waals surface area contributed by atoms with Gasteiger partial charge in [0.05, 0.1) is 6.54 Å². The highest BCUT2D eigenvalue weighted by molar-refractivity contribution is 5.78. The Labute approximate surface area is 159 Å². The van der Waals surface area contributed by atoms with Gasteiger partial charge in [0.1, 0.15) is 5.82 Å². The molecule has 0 radical (unpaired) electrons. The highest BCUT2D eigenvalue weighted by atomic mass is 16.2. The van der Waals surface area contributed by atoms with Crippen molar-refractivity contribution in [3.8, 4) is 0 Å². The van der Waals surface area contributed by atoms with E-state index in [-0.39, 0.29) is 5.91 Å². The zero-order valence-corrected chi connectivity index (χ0v) is 15.8. The van der Waals surface area contributed by atoms with Crippen LogP contribution in [0.5, 0.6) is 0 Å². The van der Waals surface area contributed by atoms with Crippen LogP contribution < -0.4 is 4.90 Å². The van der Waals surface area contributed by atoms with E-state index in [0.29, 0.717) is 12.5 Å². The van der Waals surface area contributed by atoms with Gasteiger partial charge in [-0.05, 0) is 32.1 Å². The maximum absolute atomic E-state index is 12.5. The zero-order chi connectivity index (χ0) is 18.2. The van der Waals surface area contributed by atoms with Gasteiger partial charge in [-0.25, -0.2) is 4.98 Å². The first-order chi connectivity index (χ1) is 13.3. The fourth-order valence-electron chi connectivity index (χ4n) is 4.23. The first-order valence-electron chi connectivity index (χ1n) is 10.2. The van der Waals surface area contributed by atoms with Crippen LogP contribution in [-0.4, -0.2) is 81.1 Å². The summed E-state index contributed by atoms with van der Waals surface area (Å²) in [6.07, 6.45) is 9.80. The van der Waals surface area contributed by atoms with E-state index < -0.39 is 0 Å². The summed E-state index contributed by atoms with van der Waals surface area (Å²) in [7, 11) is 0. The fraction of sp³-hybridized carbons (Fsp3) is 0.684. The smallest absolute Gasteiger partial charge is 0.236 e. The largest absolute Gasteiger partial charge is 0.351 e. The highest BCUT2D eigenvalue weighted by Gasteiger charge is 2.30. The second-order valence-electron chi connectivity index (χ2n) is 7.98. The quantitative estimate of drug-likeness (QED) is 0.805. The van der Waals surface area contributed by atoms with E-state index in [1.165, 1.54) is 19.3 Å². The van der Waals surface area contributed by atoms with Crippen molar-refractivity contribution in [1.29, 1.82) is 0 Å². The number of carbonyl (C=O) groups is 1. The molecule has 0 aromatic carbocycles. The van der Waals surface area contributed by atoms with Crippen LogP contribution in [0.25, 0.3) is 5.65 Å². The summed E-state index contributed by atoms with van der Waals surface area (Å²) in [4.78, 5) is 23.7. The van der Waals surface area contributed by atoms with Crippen molar-refractivity contribution in [2.45, 2.75) is 38.0 Å². The van der Waals surface area contributed by atoms with E-state index in [9.17, 15) is 4.79 Å². The van der Waals surface area contributed by atoms with Gasteiger partial charge < -0.3 is 9.80 Å². The fourth-order valence-corrected chi connectivity index (χ4v) is 4.23. The van der Waals surface area contributed by atoms with Gasteiger partial charge in [-0.2, -0.15) is 0 Å². The Morgan fingerprint density at radius 3 is 2.52 bits per heavy atom. The van der Waals surface area contributed by atoms with Crippen LogP contribution in [0.2, 0.25) is 0 Å². The molecule has 1 saturated carbocycles. The number of fused-ring (bicyclic) bond motifs is 1. The number of hydrogen-bond acceptors (Lipinski definition) is 6. The van der Waals surface area contributed by atoms with Gasteiger partial charge in [0.25, 0.3) is 0 Å². The summed E-state index contributed by atoms with van der Waals surface area (Å²) in [5.74, 6) is 2.83. The molecule has 0 atom stereocenters. The van der Waals surface area contributed by atoms with Gasteiger partial charge in [0.15, 0.2) is 5.82 Å². The predicted molar refractivity (Wildman–Crippen MR) is 102 cm³/mol. The average Bonchev–Trinajstić information content (AvgIpc) is 3.47. The van der Waals surface area contributed by atoms with E-state index in [1.807, 2.05) is 17.3 Å². The molecular formula is C19H27N7O. The summed E-state index contributed by atoms with van der Waals surface area (Å²) >= 11 is 0. The summed E-state index contributed by atoms with van der Waals surface area (Å²) in [6.45, 7) is 5.90. The van der Waals surface area contributed by atoms with Crippen LogP contribution in [0.1, 0.15) is 43.8 Å². The van der Waals surface area contributed by atoms with Crippen LogP contribution in [0.4, 0.5) is 5.82 Å². The summed E-state index contributed by atoms with van der Waals surface area (Å²) < 4.78 is 2.10. The van der Waals surface area contributed by atoms with Crippen LogP contribution in [0, 0.1) is 0 Å². The van der Waals surface area contributed by atoms with Crippen LogP contribution in [0.3, 0.4) is 0 Å². The molecule has 2 aliphatic heterocycles. The molecule has 1 amide bonds.